The van der Waals surface area contributed by atoms with Gasteiger partial charge in [0.05, 0.1) is 19.0 Å². The molecule has 0 amide bonds. The Bertz CT molecular complexity index is 435. The van der Waals surface area contributed by atoms with Gasteiger partial charge in [-0.2, -0.15) is 0 Å². The molecule has 1 atom stereocenters. The van der Waals surface area contributed by atoms with Gasteiger partial charge in [-0.25, -0.2) is 0 Å². The van der Waals surface area contributed by atoms with Gasteiger partial charge < -0.3 is 17.1 Å². The summed E-state index contributed by atoms with van der Waals surface area (Å²) >= 11 is 0. The van der Waals surface area contributed by atoms with Crippen LogP contribution in [-0.4, -0.2) is 32.2 Å². The zero-order valence-corrected chi connectivity index (χ0v) is 15.8. The molecule has 0 aliphatic rings. The van der Waals surface area contributed by atoms with E-state index in [4.69, 9.17) is 4.74 Å². The van der Waals surface area contributed by atoms with Crippen LogP contribution in [0.5, 0.6) is 0 Å². The largest absolute Gasteiger partial charge is 0.459 e. The van der Waals surface area contributed by atoms with Gasteiger partial charge >= 0.3 is 5.97 Å². The molecule has 3 heteroatoms. The SMILES string of the molecule is CC[NH+](CC)CCOC(=O)C(C)c1ccc(CC(C)C)cc1.[CH3-]. The molecule has 0 saturated heterocycles. The Hall–Kier alpha value is -1.35. The van der Waals surface area contributed by atoms with Gasteiger partial charge in [0, 0.05) is 0 Å². The molecule has 0 spiro atoms. The number of quaternary nitrogens is 1. The van der Waals surface area contributed by atoms with Gasteiger partial charge in [0.15, 0.2) is 0 Å². The van der Waals surface area contributed by atoms with Crippen molar-refractivity contribution in [3.8, 4) is 0 Å². The summed E-state index contributed by atoms with van der Waals surface area (Å²) in [7, 11) is 0. The van der Waals surface area contributed by atoms with Crippen molar-refractivity contribution in [2.24, 2.45) is 5.92 Å². The Kier molecular flexibility index (Phi) is 10.6. The minimum atomic E-state index is -0.195. The molecule has 1 N–H and O–H groups in total. The monoisotopic (exact) mass is 321 g/mol. The van der Waals surface area contributed by atoms with E-state index in [-0.39, 0.29) is 19.3 Å². The van der Waals surface area contributed by atoms with Gasteiger partial charge in [0.1, 0.15) is 13.2 Å². The first-order chi connectivity index (χ1) is 10.5. The lowest BCUT2D eigenvalue weighted by atomic mass is 9.97. The minimum Gasteiger partial charge on any atom is -0.459 e. The molecule has 0 radical (unpaired) electrons. The maximum absolute atomic E-state index is 12.1. The zero-order chi connectivity index (χ0) is 16.5. The first-order valence-corrected chi connectivity index (χ1v) is 8.56. The van der Waals surface area contributed by atoms with E-state index >= 15 is 0 Å². The highest BCUT2D eigenvalue weighted by Crippen LogP contribution is 2.18. The number of hydrogen-bond donors (Lipinski definition) is 1. The number of carbonyl (C=O) groups is 1. The number of rotatable bonds is 9. The van der Waals surface area contributed by atoms with Crippen molar-refractivity contribution >= 4 is 5.97 Å². The number of benzene rings is 1. The van der Waals surface area contributed by atoms with Gasteiger partial charge in [0.25, 0.3) is 0 Å². The number of carbonyl (C=O) groups excluding carboxylic acids is 1. The molecular weight excluding hydrogens is 286 g/mol. The van der Waals surface area contributed by atoms with Crippen molar-refractivity contribution in [1.82, 2.24) is 0 Å². The summed E-state index contributed by atoms with van der Waals surface area (Å²) in [5.41, 5.74) is 2.36. The number of ether oxygens (including phenoxy) is 1. The predicted molar refractivity (Wildman–Crippen MR) is 97.7 cm³/mol. The van der Waals surface area contributed by atoms with Crippen LogP contribution < -0.4 is 4.90 Å². The van der Waals surface area contributed by atoms with Crippen LogP contribution in [0.4, 0.5) is 0 Å². The molecule has 0 aliphatic heterocycles. The maximum atomic E-state index is 12.1. The summed E-state index contributed by atoms with van der Waals surface area (Å²) in [6, 6.07) is 8.36. The van der Waals surface area contributed by atoms with Gasteiger partial charge in [-0.3, -0.25) is 4.79 Å². The topological polar surface area (TPSA) is 30.7 Å². The predicted octanol–water partition coefficient (Wildman–Crippen LogP) is 2.91. The highest BCUT2D eigenvalue weighted by molar-refractivity contribution is 5.77. The van der Waals surface area contributed by atoms with E-state index < -0.39 is 0 Å². The normalized spacial score (nSPS) is 12.1. The Labute approximate surface area is 143 Å². The second-order valence-electron chi connectivity index (χ2n) is 6.44. The Morgan fingerprint density at radius 1 is 1.09 bits per heavy atom. The highest BCUT2D eigenvalue weighted by Gasteiger charge is 2.17. The summed E-state index contributed by atoms with van der Waals surface area (Å²) in [5, 5.41) is 0. The van der Waals surface area contributed by atoms with Crippen LogP contribution in [0.25, 0.3) is 0 Å². The van der Waals surface area contributed by atoms with Crippen LogP contribution >= 0.6 is 0 Å². The fourth-order valence-corrected chi connectivity index (χ4v) is 2.57. The van der Waals surface area contributed by atoms with Crippen LogP contribution in [0.2, 0.25) is 0 Å². The van der Waals surface area contributed by atoms with Crippen molar-refractivity contribution in [2.45, 2.75) is 47.0 Å². The quantitative estimate of drug-likeness (QED) is 0.560. The molecule has 3 nitrogen and oxygen atoms in total. The lowest BCUT2D eigenvalue weighted by molar-refractivity contribution is -0.896. The molecule has 1 aromatic carbocycles. The first kappa shape index (κ1) is 21.6. The average Bonchev–Trinajstić information content (AvgIpc) is 2.51. The number of esters is 1. The third-order valence-corrected chi connectivity index (χ3v) is 4.18. The van der Waals surface area contributed by atoms with E-state index in [1.54, 1.807) is 0 Å². The van der Waals surface area contributed by atoms with E-state index in [1.165, 1.54) is 10.5 Å². The number of nitrogens with one attached hydrogen (secondary N) is 1. The Morgan fingerprint density at radius 3 is 2.13 bits per heavy atom. The molecule has 132 valence electrons. The van der Waals surface area contributed by atoms with Crippen LogP contribution in [-0.2, 0) is 16.0 Å². The third-order valence-electron chi connectivity index (χ3n) is 4.18. The molecule has 0 saturated carbocycles. The minimum absolute atomic E-state index is 0. The number of hydrogen-bond acceptors (Lipinski definition) is 2. The molecule has 0 aromatic heterocycles. The average molecular weight is 322 g/mol. The van der Waals surface area contributed by atoms with Gasteiger partial charge in [-0.05, 0) is 44.2 Å². The lowest BCUT2D eigenvalue weighted by Crippen LogP contribution is -3.11. The number of likely N-dealkylation sites (N-methyl/N-ethyl adjacent to an activating group) is 1. The second kappa shape index (κ2) is 11.2. The van der Waals surface area contributed by atoms with Crippen LogP contribution in [0.1, 0.15) is 51.7 Å². The fourth-order valence-electron chi connectivity index (χ4n) is 2.57. The van der Waals surface area contributed by atoms with E-state index in [2.05, 4.69) is 52.0 Å². The lowest BCUT2D eigenvalue weighted by Gasteiger charge is -2.17. The molecule has 0 fully saturated rings. The summed E-state index contributed by atoms with van der Waals surface area (Å²) in [5.74, 6) is 0.332. The van der Waals surface area contributed by atoms with Crippen molar-refractivity contribution < 1.29 is 14.4 Å². The molecular formula is C20H35NO2. The van der Waals surface area contributed by atoms with Crippen molar-refractivity contribution in [3.63, 3.8) is 0 Å². The van der Waals surface area contributed by atoms with E-state index in [1.807, 2.05) is 6.92 Å². The first-order valence-electron chi connectivity index (χ1n) is 8.56. The summed E-state index contributed by atoms with van der Waals surface area (Å²) < 4.78 is 5.43. The molecule has 0 heterocycles. The highest BCUT2D eigenvalue weighted by atomic mass is 16.5. The van der Waals surface area contributed by atoms with Crippen molar-refractivity contribution in [2.75, 3.05) is 26.2 Å². The van der Waals surface area contributed by atoms with Crippen LogP contribution in [0.3, 0.4) is 0 Å². The molecule has 1 unspecified atom stereocenters. The maximum Gasteiger partial charge on any atom is 0.313 e. The second-order valence-corrected chi connectivity index (χ2v) is 6.44. The van der Waals surface area contributed by atoms with Crippen LogP contribution in [0, 0.1) is 13.3 Å². The molecule has 0 bridgehead atoms. The molecule has 1 aromatic rings. The molecule has 23 heavy (non-hydrogen) atoms. The van der Waals surface area contributed by atoms with Crippen molar-refractivity contribution in [1.29, 1.82) is 0 Å². The smallest absolute Gasteiger partial charge is 0.313 e. The Morgan fingerprint density at radius 2 is 1.65 bits per heavy atom. The van der Waals surface area contributed by atoms with Gasteiger partial charge in [-0.15, -0.1) is 0 Å². The zero-order valence-electron chi connectivity index (χ0n) is 15.8. The fraction of sp³-hybridized carbons (Fsp3) is 0.600. The summed E-state index contributed by atoms with van der Waals surface area (Å²) in [6.45, 7) is 14.2. The molecule has 1 rings (SSSR count). The third kappa shape index (κ3) is 7.65. The van der Waals surface area contributed by atoms with Crippen LogP contribution in [0.15, 0.2) is 24.3 Å². The Balaban J connectivity index is 0.00000484. The molecule has 0 aliphatic carbocycles. The van der Waals surface area contributed by atoms with Gasteiger partial charge in [-0.1, -0.05) is 38.1 Å². The van der Waals surface area contributed by atoms with Crippen molar-refractivity contribution in [3.05, 3.63) is 42.8 Å². The van der Waals surface area contributed by atoms with E-state index in [0.717, 1.165) is 31.6 Å². The standard InChI is InChI=1S/C19H31NO2.CH3/c1-6-20(7-2)12-13-22-19(21)16(5)18-10-8-17(9-11-18)14-15(3)4;/h8-11,15-16H,6-7,12-14H2,1-5H3;1H3/q;-1/p+1. The van der Waals surface area contributed by atoms with Gasteiger partial charge in [0.2, 0.25) is 0 Å². The van der Waals surface area contributed by atoms with E-state index in [0.29, 0.717) is 12.5 Å². The van der Waals surface area contributed by atoms with E-state index in [9.17, 15) is 4.79 Å². The summed E-state index contributed by atoms with van der Waals surface area (Å²) in [4.78, 5) is 13.6. The summed E-state index contributed by atoms with van der Waals surface area (Å²) in [6.07, 6.45) is 1.08.